The fourth-order valence-corrected chi connectivity index (χ4v) is 14.2. The summed E-state index contributed by atoms with van der Waals surface area (Å²) in [4.78, 5) is 49.1. The average molecular weight is 1210 g/mol. The number of methoxy groups -OCH3 is 3. The first-order chi connectivity index (χ1) is 42.6. The lowest BCUT2D eigenvalue weighted by Crippen LogP contribution is -2.38. The van der Waals surface area contributed by atoms with Gasteiger partial charge < -0.3 is 52.8 Å². The predicted molar refractivity (Wildman–Crippen MR) is 338 cm³/mol. The summed E-state index contributed by atoms with van der Waals surface area (Å²) < 4.78 is 49.7. The lowest BCUT2D eigenvalue weighted by Gasteiger charge is -2.38. The molecule has 0 amide bonds. The number of phenolic OH excluding ortho intramolecular Hbond substituents is 1. The molecule has 0 radical (unpaired) electrons. The zero-order chi connectivity index (χ0) is 63.4. The molecule has 4 bridgehead atoms. The lowest BCUT2D eigenvalue weighted by molar-refractivity contribution is -0.151. The van der Waals surface area contributed by atoms with Crippen molar-refractivity contribution in [2.45, 2.75) is 131 Å². The number of aromatic hydroxyl groups is 1. The normalized spacial score (nSPS) is 24.9. The third-order valence-electron chi connectivity index (χ3n) is 20.5. The number of benzene rings is 6. The minimum absolute atomic E-state index is 0.0279. The number of aryl methyl sites for hydroxylation is 1. The first kappa shape index (κ1) is 63.5. The molecule has 0 saturated heterocycles. The van der Waals surface area contributed by atoms with Crippen molar-refractivity contribution in [2.75, 3.05) is 28.1 Å². The molecule has 0 aromatic heterocycles. The number of esters is 2. The Balaban J connectivity index is 0.000000131. The first-order valence-electron chi connectivity index (χ1n) is 30.6. The molecule has 468 valence electrons. The highest BCUT2D eigenvalue weighted by molar-refractivity contribution is 6.03. The van der Waals surface area contributed by atoms with Crippen LogP contribution in [0.3, 0.4) is 0 Å². The van der Waals surface area contributed by atoms with Crippen molar-refractivity contribution in [3.05, 3.63) is 178 Å². The van der Waals surface area contributed by atoms with Crippen LogP contribution in [0.1, 0.15) is 159 Å². The van der Waals surface area contributed by atoms with E-state index in [1.165, 1.54) is 31.4 Å². The lowest BCUT2D eigenvalue weighted by atomic mass is 9.70. The van der Waals surface area contributed by atoms with Crippen molar-refractivity contribution in [1.29, 1.82) is 0 Å². The van der Waals surface area contributed by atoms with Crippen LogP contribution in [0.4, 0.5) is 0 Å². The summed E-state index contributed by atoms with van der Waals surface area (Å²) in [7, 11) is 4.78. The van der Waals surface area contributed by atoms with E-state index in [1.54, 1.807) is 51.7 Å². The Morgan fingerprint density at radius 3 is 1.56 bits per heavy atom. The smallest absolute Gasteiger partial charge is 0.331 e. The van der Waals surface area contributed by atoms with Gasteiger partial charge in [0.1, 0.15) is 70.0 Å². The molecule has 15 nitrogen and oxygen atoms in total. The van der Waals surface area contributed by atoms with Crippen LogP contribution in [-0.4, -0.2) is 74.0 Å². The van der Waals surface area contributed by atoms with E-state index in [9.17, 15) is 29.4 Å². The maximum absolute atomic E-state index is 12.5. The number of aliphatic hydroxyl groups excluding tert-OH is 1. The van der Waals surface area contributed by atoms with Gasteiger partial charge in [0.25, 0.3) is 0 Å². The number of aliphatic hydroxyl groups is 1. The summed E-state index contributed by atoms with van der Waals surface area (Å²) in [6.07, 6.45) is 13.4. The molecule has 13 rings (SSSR count). The zero-order valence-corrected chi connectivity index (χ0v) is 52.6. The second-order valence-corrected chi connectivity index (χ2v) is 25.8. The second kappa shape index (κ2) is 26.3. The van der Waals surface area contributed by atoms with Gasteiger partial charge in [-0.15, -0.1) is 0 Å². The van der Waals surface area contributed by atoms with Crippen LogP contribution < -0.4 is 33.2 Å². The fourth-order valence-electron chi connectivity index (χ4n) is 14.2. The number of ether oxygens (including phenoxy) is 9. The van der Waals surface area contributed by atoms with Gasteiger partial charge in [0.15, 0.2) is 23.1 Å². The molecule has 4 fully saturated rings. The molecule has 8 unspecified atom stereocenters. The van der Waals surface area contributed by atoms with E-state index in [0.717, 1.165) is 64.3 Å². The number of hydrogen-bond donors (Lipinski definition) is 2. The summed E-state index contributed by atoms with van der Waals surface area (Å²) in [6, 6.07) is 37.1. The predicted octanol–water partition coefficient (Wildman–Crippen LogP) is 15.0. The van der Waals surface area contributed by atoms with Crippen LogP contribution in [-0.2, 0) is 25.7 Å². The molecule has 4 saturated carbocycles. The molecule has 7 aliphatic rings. The van der Waals surface area contributed by atoms with Crippen LogP contribution in [0.15, 0.2) is 133 Å². The summed E-state index contributed by atoms with van der Waals surface area (Å²) in [6.45, 7) is 15.8. The van der Waals surface area contributed by atoms with Gasteiger partial charge >= 0.3 is 11.9 Å². The molecule has 3 heterocycles. The SMILES string of the molecule is CC1(C)C2CCC1(C)C(OC(=O)/C=C/c1ccc3c(c1)OCO3)C2.CC1(C)C2CCC1(C)C(OC(=O)/C=C/c1ccccc1)C2.COc1ccc(C2CC(=O)c3c(O)cc(CO)cc3O2)cc1.COc1ccc(C2CC(=O)c3c(OC)cc(C)cc3O2)cc1. The van der Waals surface area contributed by atoms with Crippen molar-refractivity contribution >= 4 is 35.7 Å². The van der Waals surface area contributed by atoms with Gasteiger partial charge in [-0.05, 0) is 174 Å². The number of Topliss-reactive ketones (excluding diaryl/α,β-unsaturated/α-hetero) is 2. The number of rotatable bonds is 12. The van der Waals surface area contributed by atoms with Gasteiger partial charge in [-0.2, -0.15) is 0 Å². The number of fused-ring (bicyclic) bond motifs is 7. The maximum Gasteiger partial charge on any atom is 0.331 e. The second-order valence-electron chi connectivity index (χ2n) is 25.8. The molecule has 4 aliphatic carbocycles. The summed E-state index contributed by atoms with van der Waals surface area (Å²) in [5.74, 6) is 5.04. The third-order valence-corrected chi connectivity index (χ3v) is 20.5. The highest BCUT2D eigenvalue weighted by Gasteiger charge is 2.64. The number of hydrogen-bond acceptors (Lipinski definition) is 15. The van der Waals surface area contributed by atoms with E-state index in [0.29, 0.717) is 52.4 Å². The molecular weight excluding hydrogens is 1130 g/mol. The Hall–Kier alpha value is -8.56. The Kier molecular flexibility index (Phi) is 18.7. The number of carbonyl (C=O) groups excluding carboxylic acids is 4. The van der Waals surface area contributed by atoms with Gasteiger partial charge in [0.2, 0.25) is 6.79 Å². The molecule has 2 N–H and O–H groups in total. The van der Waals surface area contributed by atoms with Crippen LogP contribution in [0.25, 0.3) is 12.2 Å². The van der Waals surface area contributed by atoms with Crippen LogP contribution in [0.5, 0.6) is 46.0 Å². The standard InChI is InChI=1S/C20H24O4.C19H24O2.C18H18O4.C17H16O5/c1-19(2)14-8-9-20(19,3)17(11-14)24-18(21)7-5-13-4-6-15-16(10-13)23-12-22-15;1-18(2)15-11-12-19(18,3)16(13-15)21-17(20)10-9-14-7-5-4-6-8-14;1-11-8-16(21-3)18-14(19)10-15(22-17(18)9-11)12-4-6-13(20-2)7-5-12;1-21-12-4-2-11(3-5-12)15-8-14(20)17-13(19)6-10(9-18)7-16(17)22-15/h4-7,10,14,17H,8-9,11-12H2,1-3H3;4-10,15-16H,11-13H2,1-3H3;4-9,15H,10H2,1-3H3;2-7,15,18-19H,8-9H2,1H3/b7-5+;10-9+;;. The minimum atomic E-state index is -0.417. The molecule has 15 heteroatoms. The quantitative estimate of drug-likeness (QED) is 0.0868. The van der Waals surface area contributed by atoms with Gasteiger partial charge in [0.05, 0.1) is 40.8 Å². The van der Waals surface area contributed by atoms with Gasteiger partial charge in [-0.25, -0.2) is 9.59 Å². The molecular formula is C74H82O15. The van der Waals surface area contributed by atoms with Crippen LogP contribution in [0.2, 0.25) is 0 Å². The average Bonchev–Trinajstić information content (AvgIpc) is 1.59. The Labute approximate surface area is 521 Å². The van der Waals surface area contributed by atoms with Crippen LogP contribution in [0, 0.1) is 40.4 Å². The minimum Gasteiger partial charge on any atom is -0.507 e. The van der Waals surface area contributed by atoms with Crippen molar-refractivity contribution in [2.24, 2.45) is 33.5 Å². The molecule has 8 atom stereocenters. The Bertz CT molecular complexity index is 3570. The molecule has 0 spiro atoms. The molecule has 3 aliphatic heterocycles. The number of ketones is 2. The summed E-state index contributed by atoms with van der Waals surface area (Å²) in [5.41, 5.74) is 6.71. The monoisotopic (exact) mass is 1210 g/mol. The van der Waals surface area contributed by atoms with Gasteiger partial charge in [-0.1, -0.05) is 102 Å². The maximum atomic E-state index is 12.5. The van der Waals surface area contributed by atoms with E-state index in [4.69, 9.17) is 42.6 Å². The summed E-state index contributed by atoms with van der Waals surface area (Å²) >= 11 is 0. The van der Waals surface area contributed by atoms with Crippen molar-refractivity contribution < 1.29 is 72.0 Å². The van der Waals surface area contributed by atoms with E-state index in [2.05, 4.69) is 41.5 Å². The highest BCUT2D eigenvalue weighted by atomic mass is 16.7. The van der Waals surface area contributed by atoms with E-state index in [-0.39, 0.29) is 94.6 Å². The van der Waals surface area contributed by atoms with E-state index in [1.807, 2.05) is 110 Å². The first-order valence-corrected chi connectivity index (χ1v) is 30.6. The largest absolute Gasteiger partial charge is 0.507 e. The van der Waals surface area contributed by atoms with Crippen molar-refractivity contribution in [1.82, 2.24) is 0 Å². The highest BCUT2D eigenvalue weighted by Crippen LogP contribution is 2.67. The molecule has 6 aromatic carbocycles. The fraction of sp³-hybridized carbons (Fsp3) is 0.405. The van der Waals surface area contributed by atoms with Crippen molar-refractivity contribution in [3.63, 3.8) is 0 Å². The van der Waals surface area contributed by atoms with Gasteiger partial charge in [0, 0.05) is 23.0 Å². The molecule has 89 heavy (non-hydrogen) atoms. The van der Waals surface area contributed by atoms with E-state index < -0.39 is 6.10 Å². The topological polar surface area (TPSA) is 192 Å². The third kappa shape index (κ3) is 13.1. The molecule has 6 aromatic rings. The Morgan fingerprint density at radius 1 is 0.573 bits per heavy atom. The summed E-state index contributed by atoms with van der Waals surface area (Å²) in [5, 5.41) is 19.1. The number of carbonyl (C=O) groups is 4. The van der Waals surface area contributed by atoms with Crippen LogP contribution >= 0.6 is 0 Å². The van der Waals surface area contributed by atoms with Crippen molar-refractivity contribution in [3.8, 4) is 46.0 Å². The number of phenols is 1. The zero-order valence-electron chi connectivity index (χ0n) is 52.6. The van der Waals surface area contributed by atoms with Gasteiger partial charge in [-0.3, -0.25) is 9.59 Å². The van der Waals surface area contributed by atoms with E-state index >= 15 is 0 Å². The Morgan fingerprint density at radius 2 is 1.08 bits per heavy atom.